The molecule has 1 aromatic carbocycles. The molecule has 1 aliphatic rings. The van der Waals surface area contributed by atoms with E-state index in [-0.39, 0.29) is 22.8 Å². The first-order valence-corrected chi connectivity index (χ1v) is 8.28. The van der Waals surface area contributed by atoms with Crippen molar-refractivity contribution in [3.63, 3.8) is 0 Å². The molecule has 0 radical (unpaired) electrons. The molecule has 0 bridgehead atoms. The summed E-state index contributed by atoms with van der Waals surface area (Å²) < 4.78 is 18.3. The Hall–Kier alpha value is -2.32. The van der Waals surface area contributed by atoms with E-state index in [1.807, 2.05) is 0 Å². The maximum absolute atomic E-state index is 13.0. The molecule has 0 atom stereocenters. The van der Waals surface area contributed by atoms with Crippen molar-refractivity contribution in [1.82, 2.24) is 25.6 Å². The molecule has 1 aliphatic heterocycles. The fourth-order valence-electron chi connectivity index (χ4n) is 3.06. The Morgan fingerprint density at radius 2 is 2.08 bits per heavy atom. The highest BCUT2D eigenvalue weighted by Gasteiger charge is 2.32. The number of carbonyl (C=O) groups is 1. The van der Waals surface area contributed by atoms with Crippen LogP contribution in [0.4, 0.5) is 4.39 Å². The molecular weight excluding hydrogens is 325 g/mol. The summed E-state index contributed by atoms with van der Waals surface area (Å²) in [5.41, 5.74) is 0.767. The second kappa shape index (κ2) is 7.71. The fourth-order valence-corrected chi connectivity index (χ4v) is 3.06. The number of carbonyl (C=O) groups excluding carboxylic acids is 1. The van der Waals surface area contributed by atoms with Crippen LogP contribution in [0.1, 0.15) is 23.3 Å². The van der Waals surface area contributed by atoms with Gasteiger partial charge in [0.15, 0.2) is 5.69 Å². The molecular formula is C17H22FN5O2. The number of hydrogen-bond donors (Lipinski definition) is 2. The zero-order chi connectivity index (χ0) is 17.7. The minimum atomic E-state index is -0.334. The molecule has 3 rings (SSSR count). The van der Waals surface area contributed by atoms with E-state index in [4.69, 9.17) is 4.74 Å². The van der Waals surface area contributed by atoms with Crippen LogP contribution in [-0.4, -0.2) is 54.3 Å². The quantitative estimate of drug-likeness (QED) is 0.819. The van der Waals surface area contributed by atoms with Gasteiger partial charge in [0.1, 0.15) is 5.82 Å². The summed E-state index contributed by atoms with van der Waals surface area (Å²) in [5, 5.41) is 14.5. The highest BCUT2D eigenvalue weighted by atomic mass is 19.1. The van der Waals surface area contributed by atoms with E-state index in [0.717, 1.165) is 25.9 Å². The number of methoxy groups -OCH3 is 1. The summed E-state index contributed by atoms with van der Waals surface area (Å²) in [6.07, 6.45) is 3.30. The largest absolute Gasteiger partial charge is 0.384 e. The first kappa shape index (κ1) is 17.5. The number of benzene rings is 1. The van der Waals surface area contributed by atoms with Gasteiger partial charge in [-0.25, -0.2) is 4.39 Å². The van der Waals surface area contributed by atoms with Gasteiger partial charge in [-0.2, -0.15) is 9.90 Å². The average Bonchev–Trinajstić information content (AvgIpc) is 3.12. The van der Waals surface area contributed by atoms with E-state index in [9.17, 15) is 9.18 Å². The van der Waals surface area contributed by atoms with Crippen molar-refractivity contribution in [2.45, 2.75) is 12.8 Å². The van der Waals surface area contributed by atoms with Crippen LogP contribution in [0.3, 0.4) is 0 Å². The molecule has 25 heavy (non-hydrogen) atoms. The van der Waals surface area contributed by atoms with Gasteiger partial charge in [0, 0.05) is 19.1 Å². The lowest BCUT2D eigenvalue weighted by Gasteiger charge is -2.37. The normalized spacial score (nSPS) is 16.6. The molecule has 2 heterocycles. The minimum Gasteiger partial charge on any atom is -0.384 e. The van der Waals surface area contributed by atoms with Crippen molar-refractivity contribution in [1.29, 1.82) is 0 Å². The molecule has 1 aromatic heterocycles. The highest BCUT2D eigenvalue weighted by molar-refractivity contribution is 5.91. The Morgan fingerprint density at radius 1 is 1.36 bits per heavy atom. The number of rotatable bonds is 6. The van der Waals surface area contributed by atoms with E-state index in [1.165, 1.54) is 23.1 Å². The molecule has 2 aromatic rings. The molecule has 0 unspecified atom stereocenters. The zero-order valence-electron chi connectivity index (χ0n) is 14.2. The third-order valence-electron chi connectivity index (χ3n) is 4.52. The third kappa shape index (κ3) is 4.21. The zero-order valence-corrected chi connectivity index (χ0v) is 14.2. The first-order chi connectivity index (χ1) is 12.1. The van der Waals surface area contributed by atoms with Crippen LogP contribution in [0.25, 0.3) is 5.69 Å². The summed E-state index contributed by atoms with van der Waals surface area (Å²) in [7, 11) is 1.68. The molecule has 1 fully saturated rings. The van der Waals surface area contributed by atoms with Gasteiger partial charge in [0.2, 0.25) is 0 Å². The smallest absolute Gasteiger partial charge is 0.273 e. The van der Waals surface area contributed by atoms with Crippen LogP contribution in [0.5, 0.6) is 0 Å². The lowest BCUT2D eigenvalue weighted by atomic mass is 9.79. The van der Waals surface area contributed by atoms with Gasteiger partial charge in [0.25, 0.3) is 5.91 Å². The lowest BCUT2D eigenvalue weighted by molar-refractivity contribution is 0.0510. The molecule has 134 valence electrons. The Morgan fingerprint density at radius 3 is 2.76 bits per heavy atom. The van der Waals surface area contributed by atoms with Crippen LogP contribution in [0.2, 0.25) is 0 Å². The maximum Gasteiger partial charge on any atom is 0.273 e. The van der Waals surface area contributed by atoms with Crippen LogP contribution in [0.15, 0.2) is 30.5 Å². The van der Waals surface area contributed by atoms with Crippen molar-refractivity contribution in [3.8, 4) is 5.69 Å². The Labute approximate surface area is 145 Å². The summed E-state index contributed by atoms with van der Waals surface area (Å²) in [6, 6.07) is 5.76. The molecule has 1 saturated heterocycles. The molecule has 8 heteroatoms. The maximum atomic E-state index is 13.0. The number of hydrogen-bond acceptors (Lipinski definition) is 5. The van der Waals surface area contributed by atoms with Crippen molar-refractivity contribution >= 4 is 5.91 Å². The van der Waals surface area contributed by atoms with Gasteiger partial charge in [-0.3, -0.25) is 4.79 Å². The lowest BCUT2D eigenvalue weighted by Crippen LogP contribution is -2.47. The molecule has 0 aliphatic carbocycles. The van der Waals surface area contributed by atoms with Crippen LogP contribution >= 0.6 is 0 Å². The monoisotopic (exact) mass is 347 g/mol. The second-order valence-corrected chi connectivity index (χ2v) is 6.36. The van der Waals surface area contributed by atoms with E-state index < -0.39 is 0 Å². The Balaban J connectivity index is 1.64. The van der Waals surface area contributed by atoms with Gasteiger partial charge in [-0.1, -0.05) is 0 Å². The van der Waals surface area contributed by atoms with E-state index in [1.54, 1.807) is 19.2 Å². The van der Waals surface area contributed by atoms with Gasteiger partial charge in [-0.15, -0.1) is 5.10 Å². The SMILES string of the molecule is COCC1(CNC(=O)c2cnn(-c3ccc(F)cc3)n2)CCNCC1. The van der Waals surface area contributed by atoms with Crippen molar-refractivity contribution < 1.29 is 13.9 Å². The van der Waals surface area contributed by atoms with Crippen molar-refractivity contribution in [2.24, 2.45) is 5.41 Å². The number of nitrogens with one attached hydrogen (secondary N) is 2. The minimum absolute atomic E-state index is 0.0530. The Kier molecular flexibility index (Phi) is 5.40. The molecule has 2 N–H and O–H groups in total. The molecule has 0 saturated carbocycles. The molecule has 7 nitrogen and oxygen atoms in total. The summed E-state index contributed by atoms with van der Waals surface area (Å²) >= 11 is 0. The number of nitrogens with zero attached hydrogens (tertiary/aromatic N) is 3. The number of aromatic nitrogens is 3. The van der Waals surface area contributed by atoms with E-state index in [2.05, 4.69) is 20.8 Å². The summed E-state index contributed by atoms with van der Waals surface area (Å²) in [6.45, 7) is 2.97. The highest BCUT2D eigenvalue weighted by Crippen LogP contribution is 2.28. The van der Waals surface area contributed by atoms with Crippen LogP contribution < -0.4 is 10.6 Å². The fraction of sp³-hybridized carbons (Fsp3) is 0.471. The van der Waals surface area contributed by atoms with Gasteiger partial charge in [-0.05, 0) is 50.2 Å². The summed E-state index contributed by atoms with van der Waals surface area (Å²) in [5.74, 6) is -0.610. The third-order valence-corrected chi connectivity index (χ3v) is 4.52. The second-order valence-electron chi connectivity index (χ2n) is 6.36. The number of ether oxygens (including phenoxy) is 1. The van der Waals surface area contributed by atoms with Crippen LogP contribution in [-0.2, 0) is 4.74 Å². The number of halogens is 1. The standard InChI is InChI=1S/C17H22FN5O2/c1-25-12-17(6-8-19-9-7-17)11-20-16(24)15-10-21-23(22-15)14-4-2-13(18)3-5-14/h2-5,10,19H,6-9,11-12H2,1H3,(H,20,24). The number of amides is 1. The van der Waals surface area contributed by atoms with Gasteiger partial charge in [0.05, 0.1) is 18.5 Å². The first-order valence-electron chi connectivity index (χ1n) is 8.28. The predicted octanol–water partition coefficient (Wildman–Crippen LogP) is 1.15. The van der Waals surface area contributed by atoms with Gasteiger partial charge < -0.3 is 15.4 Å². The van der Waals surface area contributed by atoms with Crippen molar-refractivity contribution in [3.05, 3.63) is 42.0 Å². The summed E-state index contributed by atoms with van der Waals surface area (Å²) in [4.78, 5) is 13.7. The predicted molar refractivity (Wildman–Crippen MR) is 90.1 cm³/mol. The van der Waals surface area contributed by atoms with Crippen LogP contribution in [0, 0.1) is 11.2 Å². The van der Waals surface area contributed by atoms with Crippen molar-refractivity contribution in [2.75, 3.05) is 33.4 Å². The van der Waals surface area contributed by atoms with E-state index in [0.29, 0.717) is 18.8 Å². The average molecular weight is 347 g/mol. The Bertz CT molecular complexity index is 705. The van der Waals surface area contributed by atoms with Gasteiger partial charge >= 0.3 is 0 Å². The van der Waals surface area contributed by atoms with E-state index >= 15 is 0 Å². The topological polar surface area (TPSA) is 81.1 Å². The molecule has 0 spiro atoms. The molecule has 1 amide bonds. The number of piperidine rings is 1.